The van der Waals surface area contributed by atoms with Crippen molar-refractivity contribution in [3.8, 4) is 0 Å². The van der Waals surface area contributed by atoms with Crippen LogP contribution in [0, 0.1) is 0 Å². The van der Waals surface area contributed by atoms with E-state index in [2.05, 4.69) is 4.99 Å². The van der Waals surface area contributed by atoms with Crippen molar-refractivity contribution in [2.24, 2.45) is 22.4 Å². The van der Waals surface area contributed by atoms with Gasteiger partial charge >= 0.3 is 0 Å². The van der Waals surface area contributed by atoms with Crippen LogP contribution < -0.4 is 17.4 Å². The molecule has 0 bridgehead atoms. The van der Waals surface area contributed by atoms with Gasteiger partial charge in [-0.2, -0.15) is 10.4 Å². The number of fused-ring (bicyclic) bond motifs is 1. The molecule has 2 aliphatic rings. The van der Waals surface area contributed by atoms with E-state index in [0.717, 1.165) is 5.82 Å². The van der Waals surface area contributed by atoms with E-state index < -0.39 is 0 Å². The fourth-order valence-corrected chi connectivity index (χ4v) is 1.32. The number of rotatable bonds is 0. The molecule has 0 radical (unpaired) electrons. The van der Waals surface area contributed by atoms with Gasteiger partial charge in [-0.3, -0.25) is 0 Å². The maximum atomic E-state index is 5.95. The SMILES string of the molecule is NC1=NC=C2N(N)C=C[N+]2(N)C1. The summed E-state index contributed by atoms with van der Waals surface area (Å²) in [5.74, 6) is 12.8. The first-order valence-corrected chi connectivity index (χ1v) is 3.54. The number of hydrogen-bond acceptors (Lipinski definition) is 5. The Kier molecular flexibility index (Phi) is 1.26. The van der Waals surface area contributed by atoms with Crippen molar-refractivity contribution in [3.05, 3.63) is 24.4 Å². The van der Waals surface area contributed by atoms with Crippen LogP contribution in [0.25, 0.3) is 0 Å². The summed E-state index contributed by atoms with van der Waals surface area (Å²) in [5, 5.41) is 1.44. The van der Waals surface area contributed by atoms with Crippen molar-refractivity contribution in [3.63, 3.8) is 0 Å². The first-order chi connectivity index (χ1) is 5.62. The molecule has 0 aromatic heterocycles. The Morgan fingerprint density at radius 1 is 1.58 bits per heavy atom. The van der Waals surface area contributed by atoms with Crippen molar-refractivity contribution < 1.29 is 4.59 Å². The molecule has 0 spiro atoms. The first-order valence-electron chi connectivity index (χ1n) is 3.54. The lowest BCUT2D eigenvalue weighted by atomic mass is 10.4. The molecule has 2 rings (SSSR count). The number of nitrogens with zero attached hydrogens (tertiary/aromatic N) is 3. The van der Waals surface area contributed by atoms with Crippen LogP contribution in [0.15, 0.2) is 29.4 Å². The maximum absolute atomic E-state index is 5.95. The average Bonchev–Trinajstić information content (AvgIpc) is 2.27. The molecule has 6 heteroatoms. The van der Waals surface area contributed by atoms with E-state index in [1.54, 1.807) is 18.6 Å². The van der Waals surface area contributed by atoms with Gasteiger partial charge in [-0.05, 0) is 0 Å². The molecule has 0 saturated heterocycles. The quantitative estimate of drug-likeness (QED) is 0.302. The fraction of sp³-hybridized carbons (Fsp3) is 0.167. The Hall–Kier alpha value is -1.37. The standard InChI is InChI=1S/C6H11N6/c7-5-4-12(9)2-1-11(8)6(12)3-10-5/h1-3H,4,8-9H2,(H2,7,10)/q+1. The summed E-state index contributed by atoms with van der Waals surface area (Å²) < 4.78 is 0.117. The van der Waals surface area contributed by atoms with Gasteiger partial charge in [-0.1, -0.05) is 0 Å². The second kappa shape index (κ2) is 2.07. The van der Waals surface area contributed by atoms with Crippen molar-refractivity contribution in [2.45, 2.75) is 0 Å². The second-order valence-corrected chi connectivity index (χ2v) is 2.90. The normalized spacial score (nSPS) is 33.0. The molecule has 1 unspecified atom stereocenters. The lowest BCUT2D eigenvalue weighted by Gasteiger charge is -2.28. The van der Waals surface area contributed by atoms with Gasteiger partial charge in [-0.15, -0.1) is 0 Å². The highest BCUT2D eigenvalue weighted by molar-refractivity contribution is 5.82. The number of hydrazine groups is 1. The van der Waals surface area contributed by atoms with Crippen molar-refractivity contribution in [2.75, 3.05) is 6.54 Å². The Morgan fingerprint density at radius 3 is 3.08 bits per heavy atom. The minimum Gasteiger partial charge on any atom is -0.382 e. The van der Waals surface area contributed by atoms with Crippen LogP contribution in [-0.4, -0.2) is 22.0 Å². The van der Waals surface area contributed by atoms with Crippen LogP contribution in [0.4, 0.5) is 0 Å². The van der Waals surface area contributed by atoms with Gasteiger partial charge in [0.05, 0.1) is 6.20 Å². The zero-order valence-electron chi connectivity index (χ0n) is 6.51. The highest BCUT2D eigenvalue weighted by Gasteiger charge is 2.38. The van der Waals surface area contributed by atoms with Gasteiger partial charge in [0.15, 0.2) is 12.4 Å². The second-order valence-electron chi connectivity index (χ2n) is 2.90. The monoisotopic (exact) mass is 167 g/mol. The van der Waals surface area contributed by atoms with Gasteiger partial charge in [0, 0.05) is 0 Å². The van der Waals surface area contributed by atoms with E-state index in [-0.39, 0.29) is 4.59 Å². The molecular formula is C6H11N6+. The number of nitrogens with two attached hydrogens (primary N) is 3. The van der Waals surface area contributed by atoms with Crippen LogP contribution in [0.5, 0.6) is 0 Å². The van der Waals surface area contributed by atoms with Gasteiger partial charge in [0.2, 0.25) is 0 Å². The summed E-state index contributed by atoms with van der Waals surface area (Å²) in [7, 11) is 0. The largest absolute Gasteiger partial charge is 0.382 e. The Labute approximate surface area is 69.8 Å². The van der Waals surface area contributed by atoms with E-state index in [9.17, 15) is 0 Å². The number of quaternary nitrogens is 1. The van der Waals surface area contributed by atoms with Gasteiger partial charge in [-0.25, -0.2) is 15.8 Å². The van der Waals surface area contributed by atoms with Crippen molar-refractivity contribution in [1.82, 2.24) is 5.01 Å². The predicted molar refractivity (Wildman–Crippen MR) is 44.2 cm³/mol. The Balaban J connectivity index is 2.42. The molecule has 2 aliphatic heterocycles. The molecule has 0 fully saturated rings. The molecular weight excluding hydrogens is 156 g/mol. The van der Waals surface area contributed by atoms with Crippen LogP contribution >= 0.6 is 0 Å². The molecule has 0 saturated carbocycles. The molecule has 6 nitrogen and oxygen atoms in total. The zero-order valence-corrected chi connectivity index (χ0v) is 6.51. The third-order valence-corrected chi connectivity index (χ3v) is 1.95. The van der Waals surface area contributed by atoms with E-state index in [4.69, 9.17) is 17.4 Å². The van der Waals surface area contributed by atoms with E-state index in [1.807, 2.05) is 0 Å². The summed E-state index contributed by atoms with van der Waals surface area (Å²) >= 11 is 0. The average molecular weight is 167 g/mol. The van der Waals surface area contributed by atoms with Crippen LogP contribution in [0.3, 0.4) is 0 Å². The smallest absolute Gasteiger partial charge is 0.265 e. The zero-order chi connectivity index (χ0) is 8.77. The summed E-state index contributed by atoms with van der Waals surface area (Å²) in [6.07, 6.45) is 5.05. The molecule has 0 aliphatic carbocycles. The third-order valence-electron chi connectivity index (χ3n) is 1.95. The minimum absolute atomic E-state index is 0.117. The summed E-state index contributed by atoms with van der Waals surface area (Å²) in [6, 6.07) is 0. The van der Waals surface area contributed by atoms with Gasteiger partial charge in [0.25, 0.3) is 5.82 Å². The van der Waals surface area contributed by atoms with E-state index in [0.29, 0.717) is 12.4 Å². The molecule has 64 valence electrons. The predicted octanol–water partition coefficient (Wildman–Crippen LogP) is -1.49. The van der Waals surface area contributed by atoms with Crippen molar-refractivity contribution in [1.29, 1.82) is 0 Å². The van der Waals surface area contributed by atoms with Crippen LogP contribution in [0.2, 0.25) is 0 Å². The maximum Gasteiger partial charge on any atom is 0.265 e. The molecule has 12 heavy (non-hydrogen) atoms. The molecule has 0 aromatic rings. The summed E-state index contributed by atoms with van der Waals surface area (Å²) in [5.41, 5.74) is 5.54. The number of aliphatic imine (C=N–C) groups is 1. The fourth-order valence-electron chi connectivity index (χ4n) is 1.32. The lowest BCUT2D eigenvalue weighted by molar-refractivity contribution is -0.847. The Bertz CT molecular complexity index is 303. The van der Waals surface area contributed by atoms with E-state index in [1.165, 1.54) is 5.01 Å². The summed E-state index contributed by atoms with van der Waals surface area (Å²) in [4.78, 5) is 3.94. The molecule has 0 aromatic carbocycles. The lowest BCUT2D eigenvalue weighted by Crippen LogP contribution is -2.55. The van der Waals surface area contributed by atoms with Crippen LogP contribution in [0.1, 0.15) is 0 Å². The summed E-state index contributed by atoms with van der Waals surface area (Å²) in [6.45, 7) is 0.468. The van der Waals surface area contributed by atoms with E-state index >= 15 is 0 Å². The topological polar surface area (TPSA) is 93.7 Å². The highest BCUT2D eigenvalue weighted by Crippen LogP contribution is 2.23. The van der Waals surface area contributed by atoms with Crippen molar-refractivity contribution >= 4 is 5.84 Å². The number of amidine groups is 1. The molecule has 1 atom stereocenters. The Morgan fingerprint density at radius 2 is 2.33 bits per heavy atom. The van der Waals surface area contributed by atoms with Gasteiger partial charge < -0.3 is 5.73 Å². The highest BCUT2D eigenvalue weighted by atomic mass is 15.7. The minimum atomic E-state index is 0.117. The van der Waals surface area contributed by atoms with Crippen LogP contribution in [-0.2, 0) is 0 Å². The molecule has 2 heterocycles. The van der Waals surface area contributed by atoms with Gasteiger partial charge in [0.1, 0.15) is 12.4 Å². The molecule has 6 N–H and O–H groups in total. The number of hydrogen-bond donors (Lipinski definition) is 3. The molecule has 0 amide bonds. The first kappa shape index (κ1) is 7.29. The third kappa shape index (κ3) is 0.828.